The zero-order chi connectivity index (χ0) is 13.1. The highest BCUT2D eigenvalue weighted by atomic mass is 32.2. The van der Waals surface area contributed by atoms with Gasteiger partial charge in [-0.2, -0.15) is 11.8 Å². The fourth-order valence-electron chi connectivity index (χ4n) is 2.00. The topological polar surface area (TPSA) is 79.5 Å². The van der Waals surface area contributed by atoms with E-state index in [0.29, 0.717) is 11.5 Å². The third kappa shape index (κ3) is 2.56. The van der Waals surface area contributed by atoms with Gasteiger partial charge in [0.2, 0.25) is 0 Å². The first-order valence-corrected chi connectivity index (χ1v) is 6.86. The highest BCUT2D eigenvalue weighted by Crippen LogP contribution is 2.25. The summed E-state index contributed by atoms with van der Waals surface area (Å²) < 4.78 is 0. The molecule has 18 heavy (non-hydrogen) atoms. The van der Waals surface area contributed by atoms with Gasteiger partial charge in [0.1, 0.15) is 11.5 Å². The normalized spacial score (nSPS) is 19.9. The molecule has 1 saturated heterocycles. The van der Waals surface area contributed by atoms with Crippen molar-refractivity contribution in [3.8, 4) is 0 Å². The van der Waals surface area contributed by atoms with Crippen LogP contribution in [0.5, 0.6) is 0 Å². The first-order valence-electron chi connectivity index (χ1n) is 5.70. The summed E-state index contributed by atoms with van der Waals surface area (Å²) in [5.74, 6) is 2.54. The SMILES string of the molecule is Cc1nc(N2CCSC[C@H]2CO)ccc1[N+](=O)[O-]. The van der Waals surface area contributed by atoms with Gasteiger partial charge in [-0.25, -0.2) is 4.98 Å². The summed E-state index contributed by atoms with van der Waals surface area (Å²) in [5.41, 5.74) is 0.443. The molecule has 0 radical (unpaired) electrons. The zero-order valence-corrected chi connectivity index (χ0v) is 10.9. The Kier molecular flexibility index (Phi) is 4.03. The predicted molar refractivity (Wildman–Crippen MR) is 71.2 cm³/mol. The van der Waals surface area contributed by atoms with E-state index in [4.69, 9.17) is 0 Å². The van der Waals surface area contributed by atoms with Crippen molar-refractivity contribution in [1.29, 1.82) is 0 Å². The number of nitro groups is 1. The molecular weight excluding hydrogens is 254 g/mol. The first-order chi connectivity index (χ1) is 8.63. The summed E-state index contributed by atoms with van der Waals surface area (Å²) in [6, 6.07) is 3.18. The van der Waals surface area contributed by atoms with Crippen LogP contribution in [-0.2, 0) is 0 Å². The van der Waals surface area contributed by atoms with Crippen LogP contribution < -0.4 is 4.90 Å². The van der Waals surface area contributed by atoms with Crippen LogP contribution in [0, 0.1) is 17.0 Å². The van der Waals surface area contributed by atoms with Crippen molar-refractivity contribution in [3.05, 3.63) is 27.9 Å². The van der Waals surface area contributed by atoms with Gasteiger partial charge in [-0.1, -0.05) is 0 Å². The maximum absolute atomic E-state index is 10.7. The fraction of sp³-hybridized carbons (Fsp3) is 0.545. The van der Waals surface area contributed by atoms with Gasteiger partial charge in [-0.3, -0.25) is 10.1 Å². The maximum Gasteiger partial charge on any atom is 0.290 e. The van der Waals surface area contributed by atoms with Crippen LogP contribution in [-0.4, -0.2) is 45.7 Å². The smallest absolute Gasteiger partial charge is 0.290 e. The van der Waals surface area contributed by atoms with E-state index in [0.717, 1.165) is 18.1 Å². The van der Waals surface area contributed by atoms with Crippen LogP contribution in [0.3, 0.4) is 0 Å². The van der Waals surface area contributed by atoms with Gasteiger partial charge in [-0.15, -0.1) is 0 Å². The number of aliphatic hydroxyl groups excluding tert-OH is 1. The number of pyridine rings is 1. The molecule has 0 unspecified atom stereocenters. The Bertz CT molecular complexity index is 455. The number of hydrogen-bond donors (Lipinski definition) is 1. The van der Waals surface area contributed by atoms with Crippen LogP contribution in [0.4, 0.5) is 11.5 Å². The number of anilines is 1. The highest BCUT2D eigenvalue weighted by Gasteiger charge is 2.24. The summed E-state index contributed by atoms with van der Waals surface area (Å²) >= 11 is 1.80. The molecule has 1 aromatic heterocycles. The number of rotatable bonds is 3. The Hall–Kier alpha value is -1.34. The highest BCUT2D eigenvalue weighted by molar-refractivity contribution is 7.99. The Morgan fingerprint density at radius 2 is 2.44 bits per heavy atom. The van der Waals surface area contributed by atoms with Crippen molar-refractivity contribution in [2.45, 2.75) is 13.0 Å². The van der Waals surface area contributed by atoms with Crippen molar-refractivity contribution < 1.29 is 10.0 Å². The molecule has 6 nitrogen and oxygen atoms in total. The standard InChI is InChI=1S/C11H15N3O3S/c1-8-10(14(16)17)2-3-11(12-8)13-4-5-18-7-9(13)6-15/h2-3,9,15H,4-7H2,1H3/t9-/m1/s1. The molecule has 0 aromatic carbocycles. The Labute approximate surface area is 109 Å². The predicted octanol–water partition coefficient (Wildman–Crippen LogP) is 1.21. The number of aromatic nitrogens is 1. The maximum atomic E-state index is 10.7. The number of hydrogen-bond acceptors (Lipinski definition) is 6. The lowest BCUT2D eigenvalue weighted by molar-refractivity contribution is -0.385. The molecule has 0 aliphatic carbocycles. The Morgan fingerprint density at radius 1 is 1.67 bits per heavy atom. The van der Waals surface area contributed by atoms with E-state index in [1.165, 1.54) is 6.07 Å². The molecule has 2 rings (SSSR count). The van der Waals surface area contributed by atoms with Crippen LogP contribution in [0.2, 0.25) is 0 Å². The lowest BCUT2D eigenvalue weighted by Gasteiger charge is -2.35. The van der Waals surface area contributed by atoms with Gasteiger partial charge in [-0.05, 0) is 13.0 Å². The molecule has 0 saturated carbocycles. The van der Waals surface area contributed by atoms with E-state index in [1.807, 2.05) is 4.90 Å². The summed E-state index contributed by atoms with van der Waals surface area (Å²) in [6.07, 6.45) is 0. The van der Waals surface area contributed by atoms with Gasteiger partial charge in [0.25, 0.3) is 5.69 Å². The average Bonchev–Trinajstić information content (AvgIpc) is 2.38. The minimum Gasteiger partial charge on any atom is -0.394 e. The third-order valence-corrected chi connectivity index (χ3v) is 4.06. The number of nitrogens with zero attached hydrogens (tertiary/aromatic N) is 3. The van der Waals surface area contributed by atoms with Crippen LogP contribution in [0.25, 0.3) is 0 Å². The van der Waals surface area contributed by atoms with E-state index < -0.39 is 4.92 Å². The molecular formula is C11H15N3O3S. The van der Waals surface area contributed by atoms with Crippen LogP contribution in [0.15, 0.2) is 12.1 Å². The fourth-order valence-corrected chi connectivity index (χ4v) is 3.05. The van der Waals surface area contributed by atoms with E-state index in [-0.39, 0.29) is 18.3 Å². The van der Waals surface area contributed by atoms with Crippen molar-refractivity contribution in [2.24, 2.45) is 0 Å². The van der Waals surface area contributed by atoms with E-state index >= 15 is 0 Å². The van der Waals surface area contributed by atoms with E-state index in [9.17, 15) is 15.2 Å². The van der Waals surface area contributed by atoms with Gasteiger partial charge >= 0.3 is 0 Å². The van der Waals surface area contributed by atoms with Gasteiger partial charge in [0, 0.05) is 24.1 Å². The quantitative estimate of drug-likeness (QED) is 0.656. The number of aliphatic hydroxyl groups is 1. The molecule has 1 aliphatic heterocycles. The molecule has 7 heteroatoms. The van der Waals surface area contributed by atoms with E-state index in [1.54, 1.807) is 24.8 Å². The van der Waals surface area contributed by atoms with Gasteiger partial charge in [0.05, 0.1) is 17.6 Å². The molecule has 1 aromatic rings. The third-order valence-electron chi connectivity index (χ3n) is 2.97. The van der Waals surface area contributed by atoms with Gasteiger partial charge < -0.3 is 10.0 Å². The molecule has 0 spiro atoms. The van der Waals surface area contributed by atoms with Crippen LogP contribution >= 0.6 is 11.8 Å². The number of aryl methyl sites for hydroxylation is 1. The average molecular weight is 269 g/mol. The van der Waals surface area contributed by atoms with Crippen LogP contribution in [0.1, 0.15) is 5.69 Å². The van der Waals surface area contributed by atoms with Crippen molar-refractivity contribution in [2.75, 3.05) is 29.6 Å². The first kappa shape index (κ1) is 13.1. The lowest BCUT2D eigenvalue weighted by Crippen LogP contribution is -2.45. The minimum absolute atomic E-state index is 0.0330. The largest absolute Gasteiger partial charge is 0.394 e. The zero-order valence-electron chi connectivity index (χ0n) is 10.1. The Balaban J connectivity index is 2.27. The molecule has 0 bridgehead atoms. The Morgan fingerprint density at radius 3 is 3.06 bits per heavy atom. The summed E-state index contributed by atoms with van der Waals surface area (Å²) in [7, 11) is 0. The lowest BCUT2D eigenvalue weighted by atomic mass is 10.2. The second-order valence-electron chi connectivity index (χ2n) is 4.14. The van der Waals surface area contributed by atoms with Crippen molar-refractivity contribution in [1.82, 2.24) is 4.98 Å². The van der Waals surface area contributed by atoms with Crippen molar-refractivity contribution in [3.63, 3.8) is 0 Å². The van der Waals surface area contributed by atoms with Crippen molar-refractivity contribution >= 4 is 23.3 Å². The second-order valence-corrected chi connectivity index (χ2v) is 5.29. The molecule has 1 fully saturated rings. The van der Waals surface area contributed by atoms with Gasteiger partial charge in [0.15, 0.2) is 0 Å². The molecule has 98 valence electrons. The number of thioether (sulfide) groups is 1. The molecule has 0 amide bonds. The molecule has 1 N–H and O–H groups in total. The summed E-state index contributed by atoms with van der Waals surface area (Å²) in [6.45, 7) is 2.51. The molecule has 1 aliphatic rings. The summed E-state index contributed by atoms with van der Waals surface area (Å²) in [4.78, 5) is 16.6. The minimum atomic E-state index is -0.429. The molecule has 2 heterocycles. The van der Waals surface area contributed by atoms with E-state index in [2.05, 4.69) is 4.98 Å². The molecule has 1 atom stereocenters. The summed E-state index contributed by atoms with van der Waals surface area (Å²) in [5, 5.41) is 20.1. The monoisotopic (exact) mass is 269 g/mol. The second kappa shape index (κ2) is 5.53.